The summed E-state index contributed by atoms with van der Waals surface area (Å²) in [6.07, 6.45) is 0.0581. The normalized spacial score (nSPS) is 10.6. The number of rotatable bonds is 5. The lowest BCUT2D eigenvalue weighted by Gasteiger charge is -2.07. The molecule has 0 aromatic heterocycles. The number of halogens is 1. The summed E-state index contributed by atoms with van der Waals surface area (Å²) in [4.78, 5) is 11.9. The molecule has 0 saturated carbocycles. The first-order chi connectivity index (χ1) is 11.6. The van der Waals surface area contributed by atoms with Crippen LogP contribution < -0.4 is 4.74 Å². The maximum Gasteiger partial charge on any atom is 0.310 e. The predicted octanol–water partition coefficient (Wildman–Crippen LogP) is 4.27. The maximum atomic E-state index is 13.1. The van der Waals surface area contributed by atoms with Crippen LogP contribution in [0.15, 0.2) is 60.7 Å². The van der Waals surface area contributed by atoms with Crippen LogP contribution in [0.5, 0.6) is 5.75 Å². The van der Waals surface area contributed by atoms with Gasteiger partial charge < -0.3 is 9.47 Å². The van der Waals surface area contributed by atoms with Gasteiger partial charge in [-0.15, -0.1) is 0 Å². The van der Waals surface area contributed by atoms with Gasteiger partial charge in [0, 0.05) is 0 Å². The van der Waals surface area contributed by atoms with Gasteiger partial charge in [0.2, 0.25) is 0 Å². The molecule has 0 fully saturated rings. The van der Waals surface area contributed by atoms with Crippen LogP contribution >= 0.6 is 0 Å². The topological polar surface area (TPSA) is 35.5 Å². The predicted molar refractivity (Wildman–Crippen MR) is 90.4 cm³/mol. The molecular formula is C20H17FO3. The second kappa shape index (κ2) is 7.13. The van der Waals surface area contributed by atoms with Crippen LogP contribution in [0.25, 0.3) is 10.8 Å². The van der Waals surface area contributed by atoms with E-state index in [1.807, 2.05) is 36.4 Å². The van der Waals surface area contributed by atoms with Crippen LogP contribution in [0.3, 0.4) is 0 Å². The minimum absolute atomic E-state index is 0.0581. The molecule has 24 heavy (non-hydrogen) atoms. The summed E-state index contributed by atoms with van der Waals surface area (Å²) >= 11 is 0. The Kier molecular flexibility index (Phi) is 4.75. The zero-order chi connectivity index (χ0) is 16.9. The summed E-state index contributed by atoms with van der Waals surface area (Å²) in [6.45, 7) is 0.191. The first-order valence-corrected chi connectivity index (χ1v) is 7.61. The molecule has 4 heteroatoms. The Hall–Kier alpha value is -2.88. The number of hydrogen-bond acceptors (Lipinski definition) is 3. The molecule has 3 aromatic carbocycles. The van der Waals surface area contributed by atoms with Gasteiger partial charge in [0.05, 0.1) is 13.5 Å². The zero-order valence-electron chi connectivity index (χ0n) is 13.3. The van der Waals surface area contributed by atoms with Gasteiger partial charge in [-0.3, -0.25) is 4.79 Å². The Morgan fingerprint density at radius 2 is 1.75 bits per heavy atom. The van der Waals surface area contributed by atoms with Crippen molar-refractivity contribution < 1.29 is 18.7 Å². The molecule has 0 aliphatic carbocycles. The van der Waals surface area contributed by atoms with E-state index in [9.17, 15) is 9.18 Å². The molecule has 0 aliphatic rings. The Morgan fingerprint density at radius 1 is 0.958 bits per heavy atom. The monoisotopic (exact) mass is 324 g/mol. The fourth-order valence-electron chi connectivity index (χ4n) is 2.52. The summed E-state index contributed by atoms with van der Waals surface area (Å²) in [5.41, 5.74) is 1.51. The number of benzene rings is 3. The van der Waals surface area contributed by atoms with E-state index >= 15 is 0 Å². The number of esters is 1. The lowest BCUT2D eigenvalue weighted by Crippen LogP contribution is -2.08. The van der Waals surface area contributed by atoms with E-state index in [0.29, 0.717) is 5.56 Å². The molecule has 3 nitrogen and oxygen atoms in total. The van der Waals surface area contributed by atoms with Gasteiger partial charge in [-0.2, -0.15) is 0 Å². The fraction of sp³-hybridized carbons (Fsp3) is 0.150. The van der Waals surface area contributed by atoms with Gasteiger partial charge in [0.15, 0.2) is 0 Å². The molecule has 0 aliphatic heterocycles. The molecule has 0 radical (unpaired) electrons. The van der Waals surface area contributed by atoms with Crippen LogP contribution in [-0.2, 0) is 22.6 Å². The second-order valence-corrected chi connectivity index (χ2v) is 5.51. The van der Waals surface area contributed by atoms with Crippen molar-refractivity contribution in [2.45, 2.75) is 13.0 Å². The van der Waals surface area contributed by atoms with Gasteiger partial charge in [-0.05, 0) is 52.2 Å². The summed E-state index contributed by atoms with van der Waals surface area (Å²) < 4.78 is 23.6. The van der Waals surface area contributed by atoms with Gasteiger partial charge in [-0.25, -0.2) is 4.39 Å². The standard InChI is InChI=1S/C20H17FO3/c1-23-19-8-7-16-9-15(5-6-17(16)12-19)13-24-20(22)11-14-3-2-4-18(21)10-14/h2-10,12H,11,13H2,1H3. The molecule has 0 spiro atoms. The van der Waals surface area contributed by atoms with E-state index in [2.05, 4.69) is 0 Å². The molecular weight excluding hydrogens is 307 g/mol. The molecule has 3 aromatic rings. The number of methoxy groups -OCH3 is 1. The Labute approximate surface area is 139 Å². The minimum atomic E-state index is -0.379. The largest absolute Gasteiger partial charge is 0.497 e. The number of hydrogen-bond donors (Lipinski definition) is 0. The van der Waals surface area contributed by atoms with Gasteiger partial charge in [0.25, 0.3) is 0 Å². The summed E-state index contributed by atoms with van der Waals surface area (Å²) in [6, 6.07) is 17.6. The van der Waals surface area contributed by atoms with Crippen LogP contribution in [0.1, 0.15) is 11.1 Å². The van der Waals surface area contributed by atoms with E-state index in [-0.39, 0.29) is 24.8 Å². The van der Waals surface area contributed by atoms with E-state index in [0.717, 1.165) is 22.1 Å². The van der Waals surface area contributed by atoms with Crippen molar-refractivity contribution in [3.8, 4) is 5.75 Å². The van der Waals surface area contributed by atoms with Crippen molar-refractivity contribution in [2.75, 3.05) is 7.11 Å². The van der Waals surface area contributed by atoms with Gasteiger partial charge in [-0.1, -0.05) is 30.3 Å². The van der Waals surface area contributed by atoms with Crippen molar-refractivity contribution in [3.63, 3.8) is 0 Å². The van der Waals surface area contributed by atoms with Crippen LogP contribution in [-0.4, -0.2) is 13.1 Å². The highest BCUT2D eigenvalue weighted by atomic mass is 19.1. The Balaban J connectivity index is 1.63. The third-order valence-electron chi connectivity index (χ3n) is 3.75. The minimum Gasteiger partial charge on any atom is -0.497 e. The lowest BCUT2D eigenvalue weighted by atomic mass is 10.1. The molecule has 3 rings (SSSR count). The fourth-order valence-corrected chi connectivity index (χ4v) is 2.52. The van der Waals surface area contributed by atoms with Crippen molar-refractivity contribution in [3.05, 3.63) is 77.6 Å². The maximum absolute atomic E-state index is 13.1. The van der Waals surface area contributed by atoms with E-state index in [1.54, 1.807) is 19.2 Å². The number of ether oxygens (including phenoxy) is 2. The number of carbonyl (C=O) groups excluding carboxylic acids is 1. The van der Waals surface area contributed by atoms with Crippen LogP contribution in [0.4, 0.5) is 4.39 Å². The highest BCUT2D eigenvalue weighted by molar-refractivity contribution is 5.84. The molecule has 0 amide bonds. The van der Waals surface area contributed by atoms with Crippen molar-refractivity contribution in [2.24, 2.45) is 0 Å². The van der Waals surface area contributed by atoms with Crippen molar-refractivity contribution in [1.29, 1.82) is 0 Å². The molecule has 0 bridgehead atoms. The first-order valence-electron chi connectivity index (χ1n) is 7.61. The first kappa shape index (κ1) is 16.0. The molecule has 0 N–H and O–H groups in total. The Bertz CT molecular complexity index is 874. The van der Waals surface area contributed by atoms with Crippen LogP contribution in [0, 0.1) is 5.82 Å². The van der Waals surface area contributed by atoms with E-state index < -0.39 is 0 Å². The van der Waals surface area contributed by atoms with Crippen molar-refractivity contribution >= 4 is 16.7 Å². The number of carbonyl (C=O) groups is 1. The summed E-state index contributed by atoms with van der Waals surface area (Å²) in [5.74, 6) is 0.0671. The highest BCUT2D eigenvalue weighted by Crippen LogP contribution is 2.22. The Morgan fingerprint density at radius 3 is 2.54 bits per heavy atom. The number of fused-ring (bicyclic) bond motifs is 1. The lowest BCUT2D eigenvalue weighted by molar-refractivity contribution is -0.144. The van der Waals surface area contributed by atoms with Gasteiger partial charge in [0.1, 0.15) is 18.2 Å². The molecule has 0 heterocycles. The third kappa shape index (κ3) is 3.90. The third-order valence-corrected chi connectivity index (χ3v) is 3.75. The van der Waals surface area contributed by atoms with Crippen molar-refractivity contribution in [1.82, 2.24) is 0 Å². The second-order valence-electron chi connectivity index (χ2n) is 5.51. The SMILES string of the molecule is COc1ccc2cc(COC(=O)Cc3cccc(F)c3)ccc2c1. The average molecular weight is 324 g/mol. The summed E-state index contributed by atoms with van der Waals surface area (Å²) in [5, 5.41) is 2.11. The molecule has 122 valence electrons. The van der Waals surface area contributed by atoms with Gasteiger partial charge >= 0.3 is 5.97 Å². The molecule has 0 atom stereocenters. The molecule has 0 saturated heterocycles. The zero-order valence-corrected chi connectivity index (χ0v) is 13.3. The van der Waals surface area contributed by atoms with Crippen LogP contribution in [0.2, 0.25) is 0 Å². The molecule has 0 unspecified atom stereocenters. The smallest absolute Gasteiger partial charge is 0.310 e. The highest BCUT2D eigenvalue weighted by Gasteiger charge is 2.07. The van der Waals surface area contributed by atoms with E-state index in [4.69, 9.17) is 9.47 Å². The van der Waals surface area contributed by atoms with E-state index in [1.165, 1.54) is 12.1 Å². The quantitative estimate of drug-likeness (QED) is 0.657. The average Bonchev–Trinajstić information content (AvgIpc) is 2.59. The summed E-state index contributed by atoms with van der Waals surface area (Å²) in [7, 11) is 1.63.